The number of carbonyl (C=O) groups is 2. The van der Waals surface area contributed by atoms with Crippen LogP contribution in [0.25, 0.3) is 0 Å². The number of aldehydes is 2. The van der Waals surface area contributed by atoms with Gasteiger partial charge in [-0.2, -0.15) is 5.10 Å². The van der Waals surface area contributed by atoms with Crippen LogP contribution in [-0.2, 0) is 6.42 Å². The highest BCUT2D eigenvalue weighted by Crippen LogP contribution is 2.14. The molecule has 0 atom stereocenters. The van der Waals surface area contributed by atoms with E-state index >= 15 is 0 Å². The molecule has 0 bridgehead atoms. The van der Waals surface area contributed by atoms with Gasteiger partial charge in [-0.1, -0.05) is 23.7 Å². The minimum absolute atomic E-state index is 0.109. The van der Waals surface area contributed by atoms with Gasteiger partial charge in [-0.25, -0.2) is 5.10 Å². The number of hydrogen-bond donors (Lipinski definition) is 2. The first kappa shape index (κ1) is 19.8. The van der Waals surface area contributed by atoms with Crippen molar-refractivity contribution in [2.45, 2.75) is 12.8 Å². The van der Waals surface area contributed by atoms with Crippen molar-refractivity contribution in [2.75, 3.05) is 32.0 Å². The molecule has 0 aliphatic rings. The molecule has 0 unspecified atom stereocenters. The van der Waals surface area contributed by atoms with Crippen LogP contribution in [0, 0.1) is 0 Å². The van der Waals surface area contributed by atoms with Crippen LogP contribution in [0.5, 0.6) is 0 Å². The van der Waals surface area contributed by atoms with Gasteiger partial charge in [0.2, 0.25) is 0 Å². The number of aromatic nitrogens is 2. The zero-order valence-electron chi connectivity index (χ0n) is 14.5. The number of H-pyrrole nitrogens is 1. The Bertz CT molecular complexity index is 822. The second-order valence-electron chi connectivity index (χ2n) is 5.96. The van der Waals surface area contributed by atoms with Crippen LogP contribution in [0.15, 0.2) is 29.2 Å². The first-order valence-corrected chi connectivity index (χ1v) is 8.62. The van der Waals surface area contributed by atoms with Gasteiger partial charge in [0.05, 0.1) is 11.9 Å². The Labute approximate surface area is 156 Å². The zero-order valence-corrected chi connectivity index (χ0v) is 15.3. The molecular formula is C18H21ClN4O3. The lowest BCUT2D eigenvalue weighted by Crippen LogP contribution is -2.24. The molecule has 0 fully saturated rings. The second-order valence-corrected chi connectivity index (χ2v) is 6.34. The molecule has 138 valence electrons. The number of halogens is 1. The molecule has 0 aliphatic heterocycles. The lowest BCUT2D eigenvalue weighted by atomic mass is 10.0. The summed E-state index contributed by atoms with van der Waals surface area (Å²) in [6.07, 6.45) is 4.53. The molecule has 0 aliphatic carbocycles. The van der Waals surface area contributed by atoms with Gasteiger partial charge in [0, 0.05) is 24.2 Å². The van der Waals surface area contributed by atoms with Gasteiger partial charge < -0.3 is 10.2 Å². The highest BCUT2D eigenvalue weighted by Gasteiger charge is 2.06. The summed E-state index contributed by atoms with van der Waals surface area (Å²) in [6, 6.07) is 5.30. The van der Waals surface area contributed by atoms with Crippen molar-refractivity contribution >= 4 is 29.9 Å². The van der Waals surface area contributed by atoms with Crippen molar-refractivity contribution in [3.05, 3.63) is 56.5 Å². The predicted octanol–water partition coefficient (Wildman–Crippen LogP) is 2.02. The number of aromatic amines is 1. The van der Waals surface area contributed by atoms with Gasteiger partial charge in [-0.3, -0.25) is 14.4 Å². The molecule has 8 heteroatoms. The van der Waals surface area contributed by atoms with Crippen LogP contribution >= 0.6 is 11.6 Å². The lowest BCUT2D eigenvalue weighted by molar-refractivity contribution is 0.109. The minimum Gasteiger partial charge on any atom is -0.382 e. The molecule has 2 N–H and O–H groups in total. The fourth-order valence-corrected chi connectivity index (χ4v) is 2.66. The van der Waals surface area contributed by atoms with E-state index in [-0.39, 0.29) is 5.02 Å². The Kier molecular flexibility index (Phi) is 7.50. The fourth-order valence-electron chi connectivity index (χ4n) is 2.50. The monoisotopic (exact) mass is 376 g/mol. The number of carbonyl (C=O) groups excluding carboxylic acids is 2. The number of benzene rings is 1. The van der Waals surface area contributed by atoms with E-state index in [1.807, 2.05) is 13.1 Å². The van der Waals surface area contributed by atoms with Crippen molar-refractivity contribution in [3.63, 3.8) is 0 Å². The highest BCUT2D eigenvalue weighted by molar-refractivity contribution is 6.32. The van der Waals surface area contributed by atoms with Gasteiger partial charge in [-0.15, -0.1) is 0 Å². The van der Waals surface area contributed by atoms with Gasteiger partial charge in [0.25, 0.3) is 5.56 Å². The number of nitrogens with one attached hydrogen (secondary N) is 2. The number of anilines is 1. The van der Waals surface area contributed by atoms with E-state index in [0.29, 0.717) is 35.9 Å². The molecule has 1 aromatic carbocycles. The normalized spacial score (nSPS) is 10.7. The third-order valence-corrected chi connectivity index (χ3v) is 4.39. The number of likely N-dealkylation sites (N-methyl/N-ethyl adjacent to an activating group) is 1. The van der Waals surface area contributed by atoms with E-state index < -0.39 is 5.56 Å². The van der Waals surface area contributed by atoms with E-state index in [4.69, 9.17) is 11.6 Å². The smallest absolute Gasteiger partial charge is 0.285 e. The molecule has 0 amide bonds. The first-order valence-electron chi connectivity index (χ1n) is 8.24. The number of rotatable bonds is 10. The van der Waals surface area contributed by atoms with Crippen LogP contribution in [-0.4, -0.2) is 54.4 Å². The number of hydrogen-bond acceptors (Lipinski definition) is 6. The lowest BCUT2D eigenvalue weighted by Gasteiger charge is -2.17. The fraction of sp³-hybridized carbons (Fsp3) is 0.333. The summed E-state index contributed by atoms with van der Waals surface area (Å²) < 4.78 is 0. The summed E-state index contributed by atoms with van der Waals surface area (Å²) >= 11 is 5.90. The molecule has 26 heavy (non-hydrogen) atoms. The summed E-state index contributed by atoms with van der Waals surface area (Å²) in [7, 11) is 2.02. The Morgan fingerprint density at radius 2 is 2.00 bits per heavy atom. The van der Waals surface area contributed by atoms with E-state index in [9.17, 15) is 14.4 Å². The Morgan fingerprint density at radius 1 is 1.23 bits per heavy atom. The van der Waals surface area contributed by atoms with E-state index in [2.05, 4.69) is 20.4 Å². The van der Waals surface area contributed by atoms with E-state index in [1.165, 1.54) is 6.20 Å². The maximum absolute atomic E-state index is 11.3. The molecule has 7 nitrogen and oxygen atoms in total. The summed E-state index contributed by atoms with van der Waals surface area (Å²) in [6.45, 7) is 2.35. The summed E-state index contributed by atoms with van der Waals surface area (Å²) in [5.74, 6) is 0. The molecule has 1 aromatic heterocycles. The molecule has 2 aromatic rings. The van der Waals surface area contributed by atoms with Crippen molar-refractivity contribution in [2.24, 2.45) is 0 Å². The first-order chi connectivity index (χ1) is 12.5. The summed E-state index contributed by atoms with van der Waals surface area (Å²) in [5.41, 5.74) is 1.96. The van der Waals surface area contributed by atoms with Gasteiger partial charge >= 0.3 is 0 Å². The summed E-state index contributed by atoms with van der Waals surface area (Å²) in [5, 5.41) is 9.18. The van der Waals surface area contributed by atoms with Gasteiger partial charge in [-0.05, 0) is 38.1 Å². The topological polar surface area (TPSA) is 95.2 Å². The van der Waals surface area contributed by atoms with Gasteiger partial charge in [0.1, 0.15) is 5.02 Å². The summed E-state index contributed by atoms with van der Waals surface area (Å²) in [4.78, 5) is 35.4. The molecule has 1 heterocycles. The molecular weight excluding hydrogens is 356 g/mol. The Hall–Kier alpha value is -2.51. The van der Waals surface area contributed by atoms with Crippen LogP contribution in [0.4, 0.5) is 5.69 Å². The van der Waals surface area contributed by atoms with Crippen molar-refractivity contribution in [1.29, 1.82) is 0 Å². The second kappa shape index (κ2) is 9.84. The molecule has 0 saturated heterocycles. The third-order valence-electron chi connectivity index (χ3n) is 4.01. The SMILES string of the molecule is CN(CCCNc1cn[nH]c(=O)c1Cl)CCc1ccc(C=O)c(C=O)c1. The Balaban J connectivity index is 1.74. The largest absolute Gasteiger partial charge is 0.382 e. The average molecular weight is 377 g/mol. The number of nitrogens with zero attached hydrogens (tertiary/aromatic N) is 2. The Morgan fingerprint density at radius 3 is 2.73 bits per heavy atom. The molecule has 0 radical (unpaired) electrons. The average Bonchev–Trinajstić information content (AvgIpc) is 2.66. The third kappa shape index (κ3) is 5.50. The predicted molar refractivity (Wildman–Crippen MR) is 101 cm³/mol. The van der Waals surface area contributed by atoms with Crippen LogP contribution in [0.2, 0.25) is 5.02 Å². The van der Waals surface area contributed by atoms with Crippen LogP contribution < -0.4 is 10.9 Å². The van der Waals surface area contributed by atoms with Crippen molar-refractivity contribution in [1.82, 2.24) is 15.1 Å². The van der Waals surface area contributed by atoms with Gasteiger partial charge in [0.15, 0.2) is 12.6 Å². The van der Waals surface area contributed by atoms with Crippen LogP contribution in [0.3, 0.4) is 0 Å². The maximum atomic E-state index is 11.3. The highest BCUT2D eigenvalue weighted by atomic mass is 35.5. The standard InChI is InChI=1S/C18H21ClN4O3/c1-23(7-2-6-20-16-10-21-22-18(26)17(16)19)8-5-13-3-4-14(11-24)15(9-13)12-25/h3-4,9-12H,2,5-8H2,1H3,(H2,20,22,26). The molecule has 0 saturated carbocycles. The minimum atomic E-state index is -0.413. The van der Waals surface area contributed by atoms with Crippen molar-refractivity contribution in [3.8, 4) is 0 Å². The van der Waals surface area contributed by atoms with Crippen molar-refractivity contribution < 1.29 is 9.59 Å². The van der Waals surface area contributed by atoms with E-state index in [1.54, 1.807) is 12.1 Å². The van der Waals surface area contributed by atoms with E-state index in [0.717, 1.165) is 31.5 Å². The van der Waals surface area contributed by atoms with Crippen LogP contribution in [0.1, 0.15) is 32.7 Å². The molecule has 2 rings (SSSR count). The zero-order chi connectivity index (χ0) is 18.9. The molecule has 0 spiro atoms. The maximum Gasteiger partial charge on any atom is 0.285 e. The quantitative estimate of drug-likeness (QED) is 0.486.